The van der Waals surface area contributed by atoms with E-state index in [2.05, 4.69) is 29.6 Å². The molecule has 4 heteroatoms. The Morgan fingerprint density at radius 2 is 1.86 bits per heavy atom. The van der Waals surface area contributed by atoms with E-state index in [1.165, 1.54) is 5.56 Å². The first-order valence-corrected chi connectivity index (χ1v) is 8.45. The molecule has 0 spiro atoms. The van der Waals surface area contributed by atoms with Crippen molar-refractivity contribution in [1.29, 1.82) is 0 Å². The molecule has 1 nitrogen and oxygen atoms in total. The Kier molecular flexibility index (Phi) is 3.60. The average Bonchev–Trinajstić information content (AvgIpc) is 2.99. The molecule has 0 aromatic heterocycles. The largest absolute Gasteiger partial charge is 0.378 e. The van der Waals surface area contributed by atoms with Gasteiger partial charge in [-0.05, 0) is 47.7 Å². The lowest BCUT2D eigenvalue weighted by Gasteiger charge is -2.38. The van der Waals surface area contributed by atoms with Crippen LogP contribution in [0.3, 0.4) is 0 Å². The summed E-state index contributed by atoms with van der Waals surface area (Å²) in [5.74, 6) is 0.803. The van der Waals surface area contributed by atoms with E-state index in [1.54, 1.807) is 0 Å². The predicted molar refractivity (Wildman–Crippen MR) is 94.3 cm³/mol. The second kappa shape index (κ2) is 5.49. The minimum atomic E-state index is 0.153. The number of anilines is 1. The van der Waals surface area contributed by atoms with Gasteiger partial charge >= 0.3 is 0 Å². The molecule has 0 amide bonds. The van der Waals surface area contributed by atoms with E-state index in [1.807, 2.05) is 24.3 Å². The van der Waals surface area contributed by atoms with Crippen LogP contribution in [0.4, 0.5) is 5.69 Å². The minimum absolute atomic E-state index is 0.153. The third-order valence-electron chi connectivity index (χ3n) is 4.64. The van der Waals surface area contributed by atoms with Gasteiger partial charge in [-0.25, -0.2) is 0 Å². The van der Waals surface area contributed by atoms with Crippen LogP contribution in [0.1, 0.15) is 29.5 Å². The summed E-state index contributed by atoms with van der Waals surface area (Å²) in [6, 6.07) is 12.0. The molecule has 22 heavy (non-hydrogen) atoms. The van der Waals surface area contributed by atoms with E-state index in [9.17, 15) is 0 Å². The molecule has 2 aliphatic rings. The van der Waals surface area contributed by atoms with Gasteiger partial charge in [0.1, 0.15) is 0 Å². The first kappa shape index (κ1) is 14.4. The van der Waals surface area contributed by atoms with Crippen molar-refractivity contribution in [2.45, 2.75) is 18.4 Å². The Bertz CT molecular complexity index is 769. The topological polar surface area (TPSA) is 12.0 Å². The Labute approximate surface area is 144 Å². The number of hydrogen-bond acceptors (Lipinski definition) is 1. The van der Waals surface area contributed by atoms with Gasteiger partial charge in [0.15, 0.2) is 0 Å². The van der Waals surface area contributed by atoms with Crippen LogP contribution in [0.15, 0.2) is 48.6 Å². The van der Waals surface area contributed by atoms with E-state index < -0.39 is 0 Å². The number of fused-ring (bicyclic) bond motifs is 3. The summed E-state index contributed by atoms with van der Waals surface area (Å²) in [4.78, 5) is 0. The van der Waals surface area contributed by atoms with Gasteiger partial charge in [-0.15, -0.1) is 0 Å². The molecule has 0 unspecified atom stereocenters. The van der Waals surface area contributed by atoms with Crippen molar-refractivity contribution in [1.82, 2.24) is 0 Å². The van der Waals surface area contributed by atoms with Crippen LogP contribution in [0.25, 0.3) is 0 Å². The lowest BCUT2D eigenvalue weighted by molar-refractivity contribution is 0.426. The SMILES string of the molecule is Clc1ccc2c(c1)[C@@H]1C=CC[C@H]1[C@@H](c1cccc(Cl)c1Cl)N2. The summed E-state index contributed by atoms with van der Waals surface area (Å²) in [6.07, 6.45) is 5.56. The molecule has 0 radical (unpaired) electrons. The van der Waals surface area contributed by atoms with Crippen molar-refractivity contribution in [3.63, 3.8) is 0 Å². The molecular weight excluding hydrogens is 337 g/mol. The van der Waals surface area contributed by atoms with Crippen LogP contribution in [0, 0.1) is 5.92 Å². The van der Waals surface area contributed by atoms with E-state index in [4.69, 9.17) is 34.8 Å². The smallest absolute Gasteiger partial charge is 0.0645 e. The maximum absolute atomic E-state index is 6.46. The summed E-state index contributed by atoms with van der Waals surface area (Å²) < 4.78 is 0. The van der Waals surface area contributed by atoms with Gasteiger partial charge in [-0.1, -0.05) is 59.1 Å². The molecule has 0 bridgehead atoms. The Balaban J connectivity index is 1.83. The van der Waals surface area contributed by atoms with Gasteiger partial charge in [0.2, 0.25) is 0 Å². The van der Waals surface area contributed by atoms with Gasteiger partial charge in [0.05, 0.1) is 16.1 Å². The molecule has 1 N–H and O–H groups in total. The summed E-state index contributed by atoms with van der Waals surface area (Å²) >= 11 is 18.8. The van der Waals surface area contributed by atoms with E-state index in [-0.39, 0.29) is 6.04 Å². The number of halogens is 3. The van der Waals surface area contributed by atoms with Crippen LogP contribution in [-0.2, 0) is 0 Å². The zero-order valence-corrected chi connectivity index (χ0v) is 14.0. The molecule has 1 aliphatic heterocycles. The van der Waals surface area contributed by atoms with Crippen LogP contribution in [0.2, 0.25) is 15.1 Å². The Hall–Kier alpha value is -1.15. The van der Waals surface area contributed by atoms with Gasteiger partial charge in [0, 0.05) is 16.6 Å². The first-order chi connectivity index (χ1) is 10.6. The molecule has 0 saturated heterocycles. The van der Waals surface area contributed by atoms with E-state index >= 15 is 0 Å². The fourth-order valence-electron chi connectivity index (χ4n) is 3.63. The average molecular weight is 351 g/mol. The first-order valence-electron chi connectivity index (χ1n) is 7.31. The fourth-order valence-corrected chi connectivity index (χ4v) is 4.24. The molecular formula is C18H14Cl3N. The molecule has 112 valence electrons. The highest BCUT2D eigenvalue weighted by Crippen LogP contribution is 2.51. The Morgan fingerprint density at radius 1 is 1.00 bits per heavy atom. The van der Waals surface area contributed by atoms with Crippen molar-refractivity contribution >= 4 is 40.5 Å². The molecule has 2 aromatic rings. The van der Waals surface area contributed by atoms with Crippen molar-refractivity contribution < 1.29 is 0 Å². The molecule has 2 aromatic carbocycles. The van der Waals surface area contributed by atoms with Crippen molar-refractivity contribution in [3.05, 3.63) is 74.7 Å². The molecule has 4 rings (SSSR count). The predicted octanol–water partition coefficient (Wildman–Crippen LogP) is 6.47. The van der Waals surface area contributed by atoms with Crippen LogP contribution < -0.4 is 5.32 Å². The lowest BCUT2D eigenvalue weighted by atomic mass is 9.77. The standard InChI is InChI=1S/C18H14Cl3N/c19-10-7-8-16-14(9-10)11-3-1-4-12(11)18(22-16)13-5-2-6-15(20)17(13)21/h1-3,5-9,11-12,18,22H,4H2/t11-,12-,18+/m1/s1. The number of allylic oxidation sites excluding steroid dienone is 2. The van der Waals surface area contributed by atoms with Crippen LogP contribution in [-0.4, -0.2) is 0 Å². The highest BCUT2D eigenvalue weighted by Gasteiger charge is 2.38. The van der Waals surface area contributed by atoms with E-state index in [0.717, 1.165) is 22.7 Å². The Morgan fingerprint density at radius 3 is 2.73 bits per heavy atom. The number of benzene rings is 2. The molecule has 0 fully saturated rings. The van der Waals surface area contributed by atoms with Crippen molar-refractivity contribution in [2.24, 2.45) is 5.92 Å². The van der Waals surface area contributed by atoms with Gasteiger partial charge < -0.3 is 5.32 Å². The number of nitrogens with one attached hydrogen (secondary N) is 1. The minimum Gasteiger partial charge on any atom is -0.378 e. The second-order valence-electron chi connectivity index (χ2n) is 5.85. The molecule has 3 atom stereocenters. The van der Waals surface area contributed by atoms with Gasteiger partial charge in [0.25, 0.3) is 0 Å². The quantitative estimate of drug-likeness (QED) is 0.581. The number of rotatable bonds is 1. The van der Waals surface area contributed by atoms with Crippen LogP contribution >= 0.6 is 34.8 Å². The summed E-state index contributed by atoms with van der Waals surface area (Å²) in [5, 5.41) is 5.66. The van der Waals surface area contributed by atoms with Crippen LogP contribution in [0.5, 0.6) is 0 Å². The monoisotopic (exact) mass is 349 g/mol. The number of hydrogen-bond donors (Lipinski definition) is 1. The maximum Gasteiger partial charge on any atom is 0.0645 e. The summed E-state index contributed by atoms with van der Waals surface area (Å²) in [7, 11) is 0. The zero-order valence-electron chi connectivity index (χ0n) is 11.7. The summed E-state index contributed by atoms with van der Waals surface area (Å²) in [6.45, 7) is 0. The molecule has 0 saturated carbocycles. The fraction of sp³-hybridized carbons (Fsp3) is 0.222. The molecule has 1 aliphatic carbocycles. The second-order valence-corrected chi connectivity index (χ2v) is 7.07. The highest BCUT2D eigenvalue weighted by atomic mass is 35.5. The van der Waals surface area contributed by atoms with Crippen molar-refractivity contribution in [2.75, 3.05) is 5.32 Å². The van der Waals surface area contributed by atoms with Gasteiger partial charge in [-0.2, -0.15) is 0 Å². The normalized spacial score (nSPS) is 25.5. The summed E-state index contributed by atoms with van der Waals surface area (Å²) in [5.41, 5.74) is 3.45. The van der Waals surface area contributed by atoms with Crippen molar-refractivity contribution in [3.8, 4) is 0 Å². The van der Waals surface area contributed by atoms with E-state index in [0.29, 0.717) is 21.9 Å². The lowest BCUT2D eigenvalue weighted by Crippen LogP contribution is -2.29. The zero-order chi connectivity index (χ0) is 15.3. The molecule has 1 heterocycles. The third-order valence-corrected chi connectivity index (χ3v) is 5.71. The van der Waals surface area contributed by atoms with Gasteiger partial charge in [-0.3, -0.25) is 0 Å². The highest BCUT2D eigenvalue weighted by molar-refractivity contribution is 6.42. The maximum atomic E-state index is 6.46. The third kappa shape index (κ3) is 2.23.